The summed E-state index contributed by atoms with van der Waals surface area (Å²) < 4.78 is 10.3. The number of rotatable bonds is 17. The molecule has 30 heavy (non-hydrogen) atoms. The highest BCUT2D eigenvalue weighted by molar-refractivity contribution is 5.73. The standard InChI is InChI=1S/C24H41NO5/c1-5-6-7-8-9-10-11-12-13-14-15-16-17-18-24(30-22(4)28)23(25-20(2)26)19-29-21(3)27/h13-14,17-18,23-24H,5-12,15-16,19H2,1-4H3,(H,25,26)/b14-13+,18-17+/t23-,24+/m0/s1. The minimum Gasteiger partial charge on any atom is -0.464 e. The van der Waals surface area contributed by atoms with Gasteiger partial charge in [-0.25, -0.2) is 0 Å². The van der Waals surface area contributed by atoms with E-state index in [1.54, 1.807) is 6.08 Å². The lowest BCUT2D eigenvalue weighted by molar-refractivity contribution is -0.149. The van der Waals surface area contributed by atoms with Crippen LogP contribution in [0.1, 0.15) is 91.9 Å². The number of allylic oxidation sites excluding steroid dienone is 3. The second kappa shape index (κ2) is 18.9. The summed E-state index contributed by atoms with van der Waals surface area (Å²) in [4.78, 5) is 34.0. The summed E-state index contributed by atoms with van der Waals surface area (Å²) in [7, 11) is 0. The Balaban J connectivity index is 4.33. The van der Waals surface area contributed by atoms with Crippen molar-refractivity contribution in [2.45, 2.75) is 104 Å². The number of esters is 2. The molecule has 6 nitrogen and oxygen atoms in total. The molecule has 0 radical (unpaired) electrons. The van der Waals surface area contributed by atoms with Gasteiger partial charge in [0.2, 0.25) is 5.91 Å². The van der Waals surface area contributed by atoms with Gasteiger partial charge in [0, 0.05) is 20.8 Å². The zero-order chi connectivity index (χ0) is 22.6. The van der Waals surface area contributed by atoms with Crippen LogP contribution in [0.25, 0.3) is 0 Å². The van der Waals surface area contributed by atoms with Crippen LogP contribution in [0, 0.1) is 0 Å². The number of hydrogen-bond donors (Lipinski definition) is 1. The molecule has 1 amide bonds. The monoisotopic (exact) mass is 423 g/mol. The molecule has 0 aliphatic heterocycles. The first-order valence-electron chi connectivity index (χ1n) is 11.3. The summed E-state index contributed by atoms with van der Waals surface area (Å²) >= 11 is 0. The molecule has 0 aliphatic carbocycles. The first-order valence-corrected chi connectivity index (χ1v) is 11.3. The molecule has 0 bridgehead atoms. The lowest BCUT2D eigenvalue weighted by Gasteiger charge is -2.24. The van der Waals surface area contributed by atoms with Crippen molar-refractivity contribution in [3.05, 3.63) is 24.3 Å². The number of unbranched alkanes of at least 4 members (excludes halogenated alkanes) is 8. The van der Waals surface area contributed by atoms with Gasteiger partial charge in [0.15, 0.2) is 0 Å². The number of hydrogen-bond acceptors (Lipinski definition) is 5. The van der Waals surface area contributed by atoms with Crippen molar-refractivity contribution in [2.24, 2.45) is 0 Å². The number of nitrogens with one attached hydrogen (secondary N) is 1. The maximum absolute atomic E-state index is 11.5. The van der Waals surface area contributed by atoms with E-state index in [1.807, 2.05) is 6.08 Å². The van der Waals surface area contributed by atoms with Crippen molar-refractivity contribution in [3.8, 4) is 0 Å². The smallest absolute Gasteiger partial charge is 0.303 e. The van der Waals surface area contributed by atoms with Gasteiger partial charge in [0.05, 0.1) is 0 Å². The summed E-state index contributed by atoms with van der Waals surface area (Å²) in [5, 5.41) is 2.68. The van der Waals surface area contributed by atoms with E-state index in [0.29, 0.717) is 0 Å². The third kappa shape index (κ3) is 18.0. The van der Waals surface area contributed by atoms with Crippen molar-refractivity contribution in [2.75, 3.05) is 6.61 Å². The molecule has 0 rings (SSSR count). The van der Waals surface area contributed by atoms with Crippen LogP contribution in [-0.4, -0.2) is 36.6 Å². The lowest BCUT2D eigenvalue weighted by Crippen LogP contribution is -2.46. The Morgan fingerprint density at radius 2 is 1.40 bits per heavy atom. The van der Waals surface area contributed by atoms with E-state index in [2.05, 4.69) is 24.4 Å². The highest BCUT2D eigenvalue weighted by Gasteiger charge is 2.24. The molecule has 0 aliphatic rings. The third-order valence-electron chi connectivity index (χ3n) is 4.52. The van der Waals surface area contributed by atoms with E-state index >= 15 is 0 Å². The Bertz CT molecular complexity index is 542. The molecular weight excluding hydrogens is 382 g/mol. The van der Waals surface area contributed by atoms with Crippen LogP contribution in [0.2, 0.25) is 0 Å². The first kappa shape index (κ1) is 27.9. The predicted molar refractivity (Wildman–Crippen MR) is 120 cm³/mol. The normalized spacial score (nSPS) is 13.3. The minimum absolute atomic E-state index is 0.0600. The van der Waals surface area contributed by atoms with Gasteiger partial charge in [-0.05, 0) is 31.8 Å². The Hall–Kier alpha value is -2.11. The fraction of sp³-hybridized carbons (Fsp3) is 0.708. The molecule has 0 heterocycles. The van der Waals surface area contributed by atoms with Gasteiger partial charge in [-0.3, -0.25) is 14.4 Å². The van der Waals surface area contributed by atoms with Crippen molar-refractivity contribution < 1.29 is 23.9 Å². The molecule has 0 spiro atoms. The highest BCUT2D eigenvalue weighted by Crippen LogP contribution is 2.09. The van der Waals surface area contributed by atoms with Crippen LogP contribution >= 0.6 is 0 Å². The summed E-state index contributed by atoms with van der Waals surface area (Å²) in [5.74, 6) is -1.20. The molecule has 2 atom stereocenters. The van der Waals surface area contributed by atoms with E-state index in [0.717, 1.165) is 19.3 Å². The molecule has 0 saturated heterocycles. The molecule has 0 aromatic carbocycles. The fourth-order valence-electron chi connectivity index (χ4n) is 3.01. The van der Waals surface area contributed by atoms with Crippen LogP contribution in [0.3, 0.4) is 0 Å². The van der Waals surface area contributed by atoms with Crippen molar-refractivity contribution in [1.29, 1.82) is 0 Å². The maximum Gasteiger partial charge on any atom is 0.303 e. The molecule has 6 heteroatoms. The summed E-state index contributed by atoms with van der Waals surface area (Å²) in [6.45, 7) is 6.14. The number of carbonyl (C=O) groups excluding carboxylic acids is 3. The van der Waals surface area contributed by atoms with Crippen LogP contribution in [0.15, 0.2) is 24.3 Å². The van der Waals surface area contributed by atoms with Crippen LogP contribution in [0.4, 0.5) is 0 Å². The Morgan fingerprint density at radius 1 is 0.800 bits per heavy atom. The summed E-state index contributed by atoms with van der Waals surface area (Å²) in [5.41, 5.74) is 0. The largest absolute Gasteiger partial charge is 0.464 e. The van der Waals surface area contributed by atoms with E-state index in [1.165, 1.54) is 65.7 Å². The Labute approximate surface area is 182 Å². The van der Waals surface area contributed by atoms with E-state index in [4.69, 9.17) is 9.47 Å². The maximum atomic E-state index is 11.5. The SMILES string of the molecule is CCCCCCCCC/C=C/CC/C=C/[C@@H](OC(C)=O)[C@H](COC(C)=O)NC(C)=O. The van der Waals surface area contributed by atoms with Crippen LogP contribution in [-0.2, 0) is 23.9 Å². The van der Waals surface area contributed by atoms with E-state index in [9.17, 15) is 14.4 Å². The van der Waals surface area contributed by atoms with Crippen molar-refractivity contribution in [1.82, 2.24) is 5.32 Å². The predicted octanol–water partition coefficient (Wildman–Crippen LogP) is 5.02. The molecule has 0 unspecified atom stereocenters. The van der Waals surface area contributed by atoms with Crippen molar-refractivity contribution in [3.63, 3.8) is 0 Å². The zero-order valence-corrected chi connectivity index (χ0v) is 19.3. The van der Waals surface area contributed by atoms with Crippen molar-refractivity contribution >= 4 is 17.8 Å². The first-order chi connectivity index (χ1) is 14.4. The van der Waals surface area contributed by atoms with Crippen LogP contribution in [0.5, 0.6) is 0 Å². The minimum atomic E-state index is -0.692. The Kier molecular flexibility index (Phi) is 17.6. The molecule has 0 aromatic rings. The summed E-state index contributed by atoms with van der Waals surface area (Å²) in [6, 6.07) is -0.626. The lowest BCUT2D eigenvalue weighted by atomic mass is 10.1. The quantitative estimate of drug-likeness (QED) is 0.202. The van der Waals surface area contributed by atoms with Gasteiger partial charge in [-0.15, -0.1) is 0 Å². The average Bonchev–Trinajstić information content (AvgIpc) is 2.67. The molecule has 0 fully saturated rings. The average molecular weight is 424 g/mol. The van der Waals surface area contributed by atoms with Gasteiger partial charge < -0.3 is 14.8 Å². The third-order valence-corrected chi connectivity index (χ3v) is 4.52. The number of carbonyl (C=O) groups is 3. The van der Waals surface area contributed by atoms with Gasteiger partial charge in [-0.2, -0.15) is 0 Å². The fourth-order valence-corrected chi connectivity index (χ4v) is 3.01. The summed E-state index contributed by atoms with van der Waals surface area (Å²) in [6.07, 6.45) is 19.4. The number of amides is 1. The molecule has 0 aromatic heterocycles. The number of ether oxygens (including phenoxy) is 2. The van der Waals surface area contributed by atoms with Gasteiger partial charge in [0.25, 0.3) is 0 Å². The van der Waals surface area contributed by atoms with E-state index in [-0.39, 0.29) is 12.5 Å². The van der Waals surface area contributed by atoms with Gasteiger partial charge in [-0.1, -0.05) is 63.7 Å². The molecule has 0 saturated carbocycles. The molecule has 1 N–H and O–H groups in total. The second-order valence-electron chi connectivity index (χ2n) is 7.57. The van der Waals surface area contributed by atoms with Crippen LogP contribution < -0.4 is 5.32 Å². The molecular formula is C24H41NO5. The Morgan fingerprint density at radius 3 is 2.00 bits per heavy atom. The van der Waals surface area contributed by atoms with E-state index < -0.39 is 24.1 Å². The highest BCUT2D eigenvalue weighted by atomic mass is 16.6. The van der Waals surface area contributed by atoms with Gasteiger partial charge in [0.1, 0.15) is 18.8 Å². The zero-order valence-electron chi connectivity index (χ0n) is 19.3. The topological polar surface area (TPSA) is 81.7 Å². The second-order valence-corrected chi connectivity index (χ2v) is 7.57. The molecule has 172 valence electrons. The van der Waals surface area contributed by atoms with Gasteiger partial charge >= 0.3 is 11.9 Å².